The van der Waals surface area contributed by atoms with E-state index in [4.69, 9.17) is 5.11 Å². The van der Waals surface area contributed by atoms with Gasteiger partial charge in [0.1, 0.15) is 0 Å². The van der Waals surface area contributed by atoms with Crippen LogP contribution in [-0.4, -0.2) is 16.9 Å². The molecule has 3 heteroatoms. The number of Topliss-reactive ketones (excluding diaryl/α,β-unsaturated/α-hetero) is 1. The second-order valence-corrected chi connectivity index (χ2v) is 3.74. The first kappa shape index (κ1) is 11.0. The minimum absolute atomic E-state index is 0.148. The highest BCUT2D eigenvalue weighted by Crippen LogP contribution is 2.31. The lowest BCUT2D eigenvalue weighted by Crippen LogP contribution is -2.12. The first-order valence-electron chi connectivity index (χ1n) is 5.05. The quantitative estimate of drug-likeness (QED) is 0.749. The first-order valence-corrected chi connectivity index (χ1v) is 5.05. The van der Waals surface area contributed by atoms with E-state index in [-0.39, 0.29) is 5.78 Å². The van der Waals surface area contributed by atoms with Crippen LogP contribution >= 0.6 is 0 Å². The maximum absolute atomic E-state index is 11.5. The van der Waals surface area contributed by atoms with Crippen molar-refractivity contribution in [3.8, 4) is 0 Å². The number of allylic oxidation sites excluding steroid dienone is 1. The summed E-state index contributed by atoms with van der Waals surface area (Å²) in [5.41, 5.74) is 1.63. The molecule has 14 heavy (non-hydrogen) atoms. The van der Waals surface area contributed by atoms with Gasteiger partial charge in [-0.05, 0) is 30.9 Å². The smallest absolute Gasteiger partial charge is 0.310 e. The molecule has 0 spiro atoms. The number of hydrogen-bond acceptors (Lipinski definition) is 2. The zero-order valence-electron chi connectivity index (χ0n) is 8.67. The number of carboxylic acids is 1. The Morgan fingerprint density at radius 3 is 2.64 bits per heavy atom. The summed E-state index contributed by atoms with van der Waals surface area (Å²) in [5, 5.41) is 8.87. The van der Waals surface area contributed by atoms with E-state index >= 15 is 0 Å². The normalized spacial score (nSPS) is 18.9. The van der Waals surface area contributed by atoms with Crippen LogP contribution in [0, 0.1) is 5.92 Å². The van der Waals surface area contributed by atoms with Gasteiger partial charge in [-0.3, -0.25) is 9.59 Å². The molecule has 1 aliphatic rings. The zero-order chi connectivity index (χ0) is 10.7. The van der Waals surface area contributed by atoms with Gasteiger partial charge in [-0.2, -0.15) is 0 Å². The molecule has 0 aliphatic heterocycles. The largest absolute Gasteiger partial charge is 0.481 e. The van der Waals surface area contributed by atoms with E-state index in [0.29, 0.717) is 12.8 Å². The standard InChI is InChI=1S/C11H16O3/c1-3-4-9-8(5-6-10(9)12)7(2)11(13)14/h7H,3-6H2,1-2H3,(H,13,14). The molecule has 1 unspecified atom stereocenters. The minimum atomic E-state index is -0.830. The molecule has 0 saturated carbocycles. The predicted octanol–water partition coefficient (Wildman–Crippen LogP) is 2.17. The molecular formula is C11H16O3. The van der Waals surface area contributed by atoms with Crippen molar-refractivity contribution in [1.82, 2.24) is 0 Å². The predicted molar refractivity (Wildman–Crippen MR) is 53.0 cm³/mol. The Morgan fingerprint density at radius 2 is 2.14 bits per heavy atom. The van der Waals surface area contributed by atoms with Crippen molar-refractivity contribution in [2.75, 3.05) is 0 Å². The summed E-state index contributed by atoms with van der Waals surface area (Å²) < 4.78 is 0. The lowest BCUT2D eigenvalue weighted by molar-refractivity contribution is -0.139. The summed E-state index contributed by atoms with van der Waals surface area (Å²) in [6, 6.07) is 0. The van der Waals surface area contributed by atoms with Gasteiger partial charge >= 0.3 is 5.97 Å². The van der Waals surface area contributed by atoms with Gasteiger partial charge in [0, 0.05) is 6.42 Å². The van der Waals surface area contributed by atoms with Crippen LogP contribution in [0.3, 0.4) is 0 Å². The van der Waals surface area contributed by atoms with Crippen molar-refractivity contribution in [2.45, 2.75) is 39.5 Å². The van der Waals surface area contributed by atoms with Gasteiger partial charge in [0.05, 0.1) is 5.92 Å². The second kappa shape index (κ2) is 4.40. The van der Waals surface area contributed by atoms with Crippen molar-refractivity contribution < 1.29 is 14.7 Å². The number of ketones is 1. The summed E-state index contributed by atoms with van der Waals surface area (Å²) >= 11 is 0. The van der Waals surface area contributed by atoms with Crippen LogP contribution in [0.2, 0.25) is 0 Å². The Balaban J connectivity index is 2.92. The Kier molecular flexibility index (Phi) is 3.44. The van der Waals surface area contributed by atoms with Crippen LogP contribution in [0.4, 0.5) is 0 Å². The highest BCUT2D eigenvalue weighted by atomic mass is 16.4. The maximum atomic E-state index is 11.5. The third kappa shape index (κ3) is 2.03. The van der Waals surface area contributed by atoms with Gasteiger partial charge in [-0.25, -0.2) is 0 Å². The van der Waals surface area contributed by atoms with Crippen molar-refractivity contribution in [2.24, 2.45) is 5.92 Å². The molecule has 1 rings (SSSR count). The number of aliphatic carboxylic acids is 1. The Morgan fingerprint density at radius 1 is 1.50 bits per heavy atom. The number of hydrogen-bond donors (Lipinski definition) is 1. The first-order chi connectivity index (χ1) is 6.57. The summed E-state index contributed by atoms with van der Waals surface area (Å²) in [6.45, 7) is 3.66. The van der Waals surface area contributed by atoms with Crippen LogP contribution in [0.1, 0.15) is 39.5 Å². The lowest BCUT2D eigenvalue weighted by atomic mass is 9.95. The number of carbonyl (C=O) groups excluding carboxylic acids is 1. The maximum Gasteiger partial charge on any atom is 0.310 e. The third-order valence-corrected chi connectivity index (χ3v) is 2.74. The molecule has 0 saturated heterocycles. The molecule has 78 valence electrons. The molecule has 0 bridgehead atoms. The van der Waals surface area contributed by atoms with Gasteiger partial charge in [0.2, 0.25) is 0 Å². The van der Waals surface area contributed by atoms with Crippen molar-refractivity contribution >= 4 is 11.8 Å². The average molecular weight is 196 g/mol. The zero-order valence-corrected chi connectivity index (χ0v) is 8.67. The number of rotatable bonds is 4. The fraction of sp³-hybridized carbons (Fsp3) is 0.636. The Hall–Kier alpha value is -1.12. The summed E-state index contributed by atoms with van der Waals surface area (Å²) in [7, 11) is 0. The van der Waals surface area contributed by atoms with Crippen LogP contribution in [0.5, 0.6) is 0 Å². The van der Waals surface area contributed by atoms with Gasteiger partial charge in [0.15, 0.2) is 5.78 Å². The minimum Gasteiger partial charge on any atom is -0.481 e. The molecule has 1 N–H and O–H groups in total. The van der Waals surface area contributed by atoms with E-state index < -0.39 is 11.9 Å². The Labute approximate surface area is 83.8 Å². The van der Waals surface area contributed by atoms with Gasteiger partial charge < -0.3 is 5.11 Å². The van der Waals surface area contributed by atoms with Gasteiger partial charge in [0.25, 0.3) is 0 Å². The van der Waals surface area contributed by atoms with Crippen LogP contribution in [0.15, 0.2) is 11.1 Å². The molecular weight excluding hydrogens is 180 g/mol. The molecule has 0 radical (unpaired) electrons. The monoisotopic (exact) mass is 196 g/mol. The SMILES string of the molecule is CCCC1=C(C(C)C(=O)O)CCC1=O. The summed E-state index contributed by atoms with van der Waals surface area (Å²) in [6.07, 6.45) is 2.77. The Bertz CT molecular complexity index is 289. The van der Waals surface area contributed by atoms with Crippen molar-refractivity contribution in [3.63, 3.8) is 0 Å². The molecule has 1 aliphatic carbocycles. The molecule has 0 aromatic heterocycles. The molecule has 0 aromatic carbocycles. The topological polar surface area (TPSA) is 54.4 Å². The van der Waals surface area contributed by atoms with E-state index in [1.807, 2.05) is 6.92 Å². The van der Waals surface area contributed by atoms with Crippen molar-refractivity contribution in [1.29, 1.82) is 0 Å². The second-order valence-electron chi connectivity index (χ2n) is 3.74. The molecule has 0 amide bonds. The van der Waals surface area contributed by atoms with Gasteiger partial charge in [-0.1, -0.05) is 13.3 Å². The lowest BCUT2D eigenvalue weighted by Gasteiger charge is -2.09. The highest BCUT2D eigenvalue weighted by molar-refractivity contribution is 5.99. The van der Waals surface area contributed by atoms with Crippen LogP contribution < -0.4 is 0 Å². The summed E-state index contributed by atoms with van der Waals surface area (Å²) in [4.78, 5) is 22.2. The van der Waals surface area contributed by atoms with E-state index in [1.54, 1.807) is 6.92 Å². The molecule has 1 atom stereocenters. The van der Waals surface area contributed by atoms with E-state index in [9.17, 15) is 9.59 Å². The molecule has 0 heterocycles. The fourth-order valence-electron chi connectivity index (χ4n) is 1.91. The molecule has 0 fully saturated rings. The third-order valence-electron chi connectivity index (χ3n) is 2.74. The van der Waals surface area contributed by atoms with E-state index in [0.717, 1.165) is 24.0 Å². The number of carbonyl (C=O) groups is 2. The average Bonchev–Trinajstić information content (AvgIpc) is 2.48. The molecule has 3 nitrogen and oxygen atoms in total. The van der Waals surface area contributed by atoms with E-state index in [2.05, 4.69) is 0 Å². The van der Waals surface area contributed by atoms with Crippen LogP contribution in [0.25, 0.3) is 0 Å². The highest BCUT2D eigenvalue weighted by Gasteiger charge is 2.28. The van der Waals surface area contributed by atoms with Crippen LogP contribution in [-0.2, 0) is 9.59 Å². The van der Waals surface area contributed by atoms with E-state index in [1.165, 1.54) is 0 Å². The van der Waals surface area contributed by atoms with Gasteiger partial charge in [-0.15, -0.1) is 0 Å². The summed E-state index contributed by atoms with van der Waals surface area (Å²) in [5.74, 6) is -1.18. The number of carboxylic acid groups (broad SMARTS) is 1. The molecule has 0 aromatic rings. The fourth-order valence-corrected chi connectivity index (χ4v) is 1.91. The van der Waals surface area contributed by atoms with Crippen molar-refractivity contribution in [3.05, 3.63) is 11.1 Å².